The van der Waals surface area contributed by atoms with Crippen molar-refractivity contribution in [1.82, 2.24) is 0 Å². The van der Waals surface area contributed by atoms with Crippen molar-refractivity contribution in [3.05, 3.63) is 0 Å². The second kappa shape index (κ2) is 7.24. The Labute approximate surface area is 95.1 Å². The van der Waals surface area contributed by atoms with Crippen molar-refractivity contribution < 1.29 is 23.9 Å². The Bertz CT molecular complexity index is 252. The predicted octanol–water partition coefficient (Wildman–Crippen LogP) is 0.749. The van der Waals surface area contributed by atoms with Crippen LogP contribution in [0.2, 0.25) is 0 Å². The van der Waals surface area contributed by atoms with Crippen LogP contribution in [0.5, 0.6) is 0 Å². The lowest BCUT2D eigenvalue weighted by molar-refractivity contribution is -0.164. The summed E-state index contributed by atoms with van der Waals surface area (Å²) in [5.41, 5.74) is 0. The van der Waals surface area contributed by atoms with Gasteiger partial charge in [0, 0.05) is 27.1 Å². The summed E-state index contributed by atoms with van der Waals surface area (Å²) in [6.07, 6.45) is -0.874. The fourth-order valence-electron chi connectivity index (χ4n) is 1.37. The van der Waals surface area contributed by atoms with E-state index >= 15 is 0 Å². The first kappa shape index (κ1) is 14.9. The van der Waals surface area contributed by atoms with Gasteiger partial charge in [-0.3, -0.25) is 14.4 Å². The Morgan fingerprint density at radius 3 is 1.56 bits per heavy atom. The molecule has 0 amide bonds. The zero-order valence-electron chi connectivity index (χ0n) is 10.1. The van der Waals surface area contributed by atoms with Gasteiger partial charge in [0.2, 0.25) is 12.1 Å². The van der Waals surface area contributed by atoms with Crippen LogP contribution < -0.4 is 0 Å². The molecule has 0 aliphatic heterocycles. The molecule has 16 heavy (non-hydrogen) atoms. The summed E-state index contributed by atoms with van der Waals surface area (Å²) in [4.78, 5) is 34.9. The summed E-state index contributed by atoms with van der Waals surface area (Å²) >= 11 is 0. The number of hydrogen-bond donors (Lipinski definition) is 0. The Morgan fingerprint density at radius 1 is 0.938 bits per heavy atom. The average molecular weight is 230 g/mol. The van der Waals surface area contributed by atoms with E-state index in [9.17, 15) is 14.4 Å². The first-order chi connectivity index (χ1) is 7.53. The molecule has 0 spiro atoms. The maximum atomic E-state index is 11.8. The number of Topliss-reactive ketones (excluding diaryl/α,β-unsaturated/α-hetero) is 3. The van der Waals surface area contributed by atoms with Crippen LogP contribution >= 0.6 is 0 Å². The molecule has 0 atom stereocenters. The van der Waals surface area contributed by atoms with Gasteiger partial charge in [-0.1, -0.05) is 13.8 Å². The molecule has 0 unspecified atom stereocenters. The number of ether oxygens (including phenoxy) is 2. The van der Waals surface area contributed by atoms with Crippen LogP contribution in [0.3, 0.4) is 0 Å². The maximum absolute atomic E-state index is 11.8. The summed E-state index contributed by atoms with van der Waals surface area (Å²) in [5, 5.41) is 0. The van der Waals surface area contributed by atoms with Gasteiger partial charge in [-0.15, -0.1) is 0 Å². The predicted molar refractivity (Wildman–Crippen MR) is 56.9 cm³/mol. The van der Waals surface area contributed by atoms with E-state index in [1.807, 2.05) is 0 Å². The molecular weight excluding hydrogens is 212 g/mol. The highest BCUT2D eigenvalue weighted by atomic mass is 16.7. The monoisotopic (exact) mass is 230 g/mol. The Kier molecular flexibility index (Phi) is 6.76. The van der Waals surface area contributed by atoms with Gasteiger partial charge in [0.15, 0.2) is 11.6 Å². The molecule has 0 aliphatic carbocycles. The maximum Gasteiger partial charge on any atom is 0.218 e. The van der Waals surface area contributed by atoms with Crippen LogP contribution in [-0.4, -0.2) is 37.9 Å². The third-order valence-corrected chi connectivity index (χ3v) is 2.29. The molecule has 5 heteroatoms. The minimum atomic E-state index is -1.25. The van der Waals surface area contributed by atoms with Gasteiger partial charge < -0.3 is 9.47 Å². The molecule has 92 valence electrons. The van der Waals surface area contributed by atoms with E-state index in [1.165, 1.54) is 14.2 Å². The van der Waals surface area contributed by atoms with Crippen molar-refractivity contribution in [2.24, 2.45) is 5.92 Å². The van der Waals surface area contributed by atoms with E-state index < -0.39 is 29.6 Å². The van der Waals surface area contributed by atoms with Crippen LogP contribution in [0.1, 0.15) is 26.7 Å². The molecule has 0 bridgehead atoms. The highest BCUT2D eigenvalue weighted by molar-refractivity contribution is 6.20. The van der Waals surface area contributed by atoms with Gasteiger partial charge in [-0.2, -0.15) is 0 Å². The fraction of sp³-hybridized carbons (Fsp3) is 0.727. The Hall–Kier alpha value is -1.07. The second-order valence-electron chi connectivity index (χ2n) is 3.28. The van der Waals surface area contributed by atoms with Crippen LogP contribution in [0.15, 0.2) is 0 Å². The van der Waals surface area contributed by atoms with E-state index in [2.05, 4.69) is 0 Å². The molecule has 0 aromatic rings. The van der Waals surface area contributed by atoms with E-state index in [4.69, 9.17) is 9.47 Å². The highest BCUT2D eigenvalue weighted by Gasteiger charge is 2.36. The highest BCUT2D eigenvalue weighted by Crippen LogP contribution is 2.12. The van der Waals surface area contributed by atoms with Crippen LogP contribution in [0.25, 0.3) is 0 Å². The molecule has 0 heterocycles. The van der Waals surface area contributed by atoms with Crippen molar-refractivity contribution >= 4 is 17.3 Å². The van der Waals surface area contributed by atoms with Crippen molar-refractivity contribution in [1.29, 1.82) is 0 Å². The second-order valence-corrected chi connectivity index (χ2v) is 3.28. The minimum absolute atomic E-state index is 0.141. The number of carbonyl (C=O) groups excluding carboxylic acids is 3. The molecular formula is C11H18O5. The molecule has 0 saturated heterocycles. The quantitative estimate of drug-likeness (QED) is 0.454. The smallest absolute Gasteiger partial charge is 0.218 e. The third-order valence-electron chi connectivity index (χ3n) is 2.29. The van der Waals surface area contributed by atoms with Gasteiger partial charge in [0.1, 0.15) is 5.92 Å². The number of carbonyl (C=O) groups is 3. The lowest BCUT2D eigenvalue weighted by Crippen LogP contribution is -2.39. The van der Waals surface area contributed by atoms with Gasteiger partial charge in [0.25, 0.3) is 0 Å². The molecule has 0 aromatic carbocycles. The van der Waals surface area contributed by atoms with E-state index in [1.54, 1.807) is 13.8 Å². The molecule has 0 saturated carbocycles. The standard InChI is InChI=1S/C11H18O5/c1-5-7(12)9(8(13)6-2)10(14)11(15-3)16-4/h9,11H,5-6H2,1-4H3. The molecule has 0 radical (unpaired) electrons. The lowest BCUT2D eigenvalue weighted by Gasteiger charge is -2.17. The van der Waals surface area contributed by atoms with Gasteiger partial charge >= 0.3 is 0 Å². The molecule has 0 aliphatic rings. The van der Waals surface area contributed by atoms with E-state index in [0.29, 0.717) is 0 Å². The molecule has 0 rings (SSSR count). The van der Waals surface area contributed by atoms with Crippen molar-refractivity contribution in [3.63, 3.8) is 0 Å². The first-order valence-corrected chi connectivity index (χ1v) is 5.18. The van der Waals surface area contributed by atoms with Crippen molar-refractivity contribution in [3.8, 4) is 0 Å². The number of methoxy groups -OCH3 is 2. The number of ketones is 3. The van der Waals surface area contributed by atoms with Gasteiger partial charge in [-0.05, 0) is 0 Å². The van der Waals surface area contributed by atoms with Crippen LogP contribution in [0, 0.1) is 5.92 Å². The zero-order chi connectivity index (χ0) is 12.7. The fourth-order valence-corrected chi connectivity index (χ4v) is 1.37. The summed E-state index contributed by atoms with van der Waals surface area (Å²) in [7, 11) is 2.58. The molecule has 5 nitrogen and oxygen atoms in total. The van der Waals surface area contributed by atoms with Crippen LogP contribution in [-0.2, 0) is 23.9 Å². The minimum Gasteiger partial charge on any atom is -0.349 e. The Balaban J connectivity index is 4.96. The molecule has 0 aromatic heterocycles. The average Bonchev–Trinajstić information content (AvgIpc) is 2.30. The lowest BCUT2D eigenvalue weighted by atomic mass is 9.91. The summed E-state index contributed by atoms with van der Waals surface area (Å²) < 4.78 is 9.51. The Morgan fingerprint density at radius 2 is 1.31 bits per heavy atom. The number of hydrogen-bond acceptors (Lipinski definition) is 5. The van der Waals surface area contributed by atoms with Crippen molar-refractivity contribution in [2.45, 2.75) is 33.0 Å². The van der Waals surface area contributed by atoms with Crippen molar-refractivity contribution in [2.75, 3.05) is 14.2 Å². The topological polar surface area (TPSA) is 69.7 Å². The van der Waals surface area contributed by atoms with Crippen LogP contribution in [0.4, 0.5) is 0 Å². The van der Waals surface area contributed by atoms with Gasteiger partial charge in [-0.25, -0.2) is 0 Å². The molecule has 0 N–H and O–H groups in total. The largest absolute Gasteiger partial charge is 0.349 e. The summed E-state index contributed by atoms with van der Waals surface area (Å²) in [5.74, 6) is -2.66. The first-order valence-electron chi connectivity index (χ1n) is 5.18. The third kappa shape index (κ3) is 3.50. The molecule has 0 fully saturated rings. The number of rotatable bonds is 8. The summed E-state index contributed by atoms with van der Waals surface area (Å²) in [6.45, 7) is 3.22. The van der Waals surface area contributed by atoms with Gasteiger partial charge in [0.05, 0.1) is 0 Å². The normalized spacial score (nSPS) is 10.9. The van der Waals surface area contributed by atoms with E-state index in [-0.39, 0.29) is 12.8 Å². The van der Waals surface area contributed by atoms with E-state index in [0.717, 1.165) is 0 Å². The zero-order valence-corrected chi connectivity index (χ0v) is 10.1. The summed E-state index contributed by atoms with van der Waals surface area (Å²) in [6, 6.07) is 0. The SMILES string of the molecule is CCC(=O)C(C(=O)CC)C(=O)C(OC)OC.